The van der Waals surface area contributed by atoms with Gasteiger partial charge in [-0.15, -0.1) is 0 Å². The second-order valence-corrected chi connectivity index (χ2v) is 7.19. The number of hydrogen-bond acceptors (Lipinski definition) is 3. The highest BCUT2D eigenvalue weighted by molar-refractivity contribution is 5.79. The summed E-state index contributed by atoms with van der Waals surface area (Å²) in [6.07, 6.45) is 0. The first-order valence-electron chi connectivity index (χ1n) is 10.4. The van der Waals surface area contributed by atoms with Crippen molar-refractivity contribution in [3.63, 3.8) is 0 Å². The van der Waals surface area contributed by atoms with Crippen molar-refractivity contribution in [3.8, 4) is 0 Å². The summed E-state index contributed by atoms with van der Waals surface area (Å²) in [6, 6.07) is 17.1. The highest BCUT2D eigenvalue weighted by Gasteiger charge is 2.07. The molecule has 2 aromatic carbocycles. The molecule has 1 unspecified atom stereocenters. The van der Waals surface area contributed by atoms with Gasteiger partial charge in [0.25, 0.3) is 0 Å². The van der Waals surface area contributed by atoms with Gasteiger partial charge in [0.15, 0.2) is 5.96 Å². The molecule has 0 saturated carbocycles. The van der Waals surface area contributed by atoms with Crippen molar-refractivity contribution in [2.24, 2.45) is 4.99 Å². The minimum Gasteiger partial charge on any atom is -0.379 e. The van der Waals surface area contributed by atoms with E-state index in [0.717, 1.165) is 24.7 Å². The highest BCUT2D eigenvalue weighted by Crippen LogP contribution is 2.15. The summed E-state index contributed by atoms with van der Waals surface area (Å²) in [5.74, 6) is 1.22. The summed E-state index contributed by atoms with van der Waals surface area (Å²) in [6.45, 7) is 10.5. The fourth-order valence-corrected chi connectivity index (χ4v) is 3.03. The topological polar surface area (TPSA) is 54.9 Å². The van der Waals surface area contributed by atoms with Crippen molar-refractivity contribution in [2.45, 2.75) is 39.8 Å². The predicted molar refractivity (Wildman–Crippen MR) is 120 cm³/mol. The number of guanidine groups is 1. The number of benzene rings is 2. The molecule has 0 saturated heterocycles. The van der Waals surface area contributed by atoms with Crippen molar-refractivity contribution in [1.82, 2.24) is 10.6 Å². The minimum atomic E-state index is 0.408. The lowest BCUT2D eigenvalue weighted by molar-refractivity contribution is 0.0453. The molecule has 0 amide bonds. The predicted octanol–water partition coefficient (Wildman–Crippen LogP) is 4.02. The Morgan fingerprint density at radius 3 is 2.52 bits per heavy atom. The van der Waals surface area contributed by atoms with Crippen molar-refractivity contribution < 1.29 is 9.47 Å². The lowest BCUT2D eigenvalue weighted by atomic mass is 9.99. The van der Waals surface area contributed by atoms with E-state index >= 15 is 0 Å². The molecule has 0 aromatic heterocycles. The molecule has 0 spiro atoms. The number of aryl methyl sites for hydroxylation is 1. The summed E-state index contributed by atoms with van der Waals surface area (Å²) in [4.78, 5) is 4.34. The van der Waals surface area contributed by atoms with Gasteiger partial charge in [0, 0.05) is 26.7 Å². The molecule has 0 fully saturated rings. The quantitative estimate of drug-likeness (QED) is 0.342. The molecule has 1 atom stereocenters. The van der Waals surface area contributed by atoms with Crippen LogP contribution in [0.15, 0.2) is 53.5 Å². The van der Waals surface area contributed by atoms with E-state index in [1.807, 2.05) is 6.92 Å². The summed E-state index contributed by atoms with van der Waals surface area (Å²) < 4.78 is 10.9. The maximum atomic E-state index is 5.66. The SMILES string of the molecule is CCOCCOCc1cccc(CNC(=NC)NCC(C)c2cccc(C)c2)c1. The van der Waals surface area contributed by atoms with Gasteiger partial charge >= 0.3 is 0 Å². The van der Waals surface area contributed by atoms with Gasteiger partial charge < -0.3 is 20.1 Å². The van der Waals surface area contributed by atoms with Gasteiger partial charge in [-0.05, 0) is 36.5 Å². The minimum absolute atomic E-state index is 0.408. The van der Waals surface area contributed by atoms with Crippen molar-refractivity contribution >= 4 is 5.96 Å². The van der Waals surface area contributed by atoms with E-state index in [9.17, 15) is 0 Å². The summed E-state index contributed by atoms with van der Waals surface area (Å²) in [5.41, 5.74) is 4.99. The third-order valence-corrected chi connectivity index (χ3v) is 4.71. The van der Waals surface area contributed by atoms with E-state index in [-0.39, 0.29) is 0 Å². The third kappa shape index (κ3) is 8.67. The second kappa shape index (κ2) is 13.0. The van der Waals surface area contributed by atoms with Crippen molar-refractivity contribution in [3.05, 3.63) is 70.8 Å². The van der Waals surface area contributed by atoms with Crippen LogP contribution < -0.4 is 10.6 Å². The van der Waals surface area contributed by atoms with Gasteiger partial charge in [-0.3, -0.25) is 4.99 Å². The smallest absolute Gasteiger partial charge is 0.191 e. The molecular weight excluding hydrogens is 362 g/mol. The first-order chi connectivity index (χ1) is 14.1. The van der Waals surface area contributed by atoms with E-state index in [4.69, 9.17) is 9.47 Å². The van der Waals surface area contributed by atoms with Crippen LogP contribution in [0.3, 0.4) is 0 Å². The average Bonchev–Trinajstić information content (AvgIpc) is 2.74. The van der Waals surface area contributed by atoms with Gasteiger partial charge in [-0.1, -0.05) is 61.0 Å². The fraction of sp³-hybridized carbons (Fsp3) is 0.458. The molecule has 0 heterocycles. The van der Waals surface area contributed by atoms with Gasteiger partial charge in [0.1, 0.15) is 0 Å². The zero-order chi connectivity index (χ0) is 20.9. The van der Waals surface area contributed by atoms with E-state index in [1.54, 1.807) is 7.05 Å². The normalized spacial score (nSPS) is 12.6. The first kappa shape index (κ1) is 22.9. The van der Waals surface area contributed by atoms with Crippen LogP contribution in [0.5, 0.6) is 0 Å². The molecule has 0 aliphatic heterocycles. The largest absolute Gasteiger partial charge is 0.379 e. The van der Waals surface area contributed by atoms with E-state index in [2.05, 4.69) is 78.0 Å². The molecule has 5 nitrogen and oxygen atoms in total. The van der Waals surface area contributed by atoms with Crippen molar-refractivity contribution in [1.29, 1.82) is 0 Å². The molecule has 2 aromatic rings. The molecular formula is C24H35N3O2. The number of nitrogens with zero attached hydrogens (tertiary/aromatic N) is 1. The number of aliphatic imine (C=N–C) groups is 1. The Hall–Kier alpha value is -2.37. The Morgan fingerprint density at radius 2 is 1.76 bits per heavy atom. The number of nitrogens with one attached hydrogen (secondary N) is 2. The van der Waals surface area contributed by atoms with Crippen LogP contribution in [0.4, 0.5) is 0 Å². The molecule has 0 radical (unpaired) electrons. The van der Waals surface area contributed by atoms with Crippen LogP contribution in [0.1, 0.15) is 42.0 Å². The number of ether oxygens (including phenoxy) is 2. The Balaban J connectivity index is 1.77. The van der Waals surface area contributed by atoms with Gasteiger partial charge in [0.2, 0.25) is 0 Å². The van der Waals surface area contributed by atoms with Crippen LogP contribution in [-0.2, 0) is 22.6 Å². The average molecular weight is 398 g/mol. The van der Waals surface area contributed by atoms with Crippen LogP contribution in [0.2, 0.25) is 0 Å². The second-order valence-electron chi connectivity index (χ2n) is 7.19. The van der Waals surface area contributed by atoms with E-state index in [1.165, 1.54) is 16.7 Å². The van der Waals surface area contributed by atoms with Gasteiger partial charge in [0.05, 0.1) is 19.8 Å². The number of rotatable bonds is 11. The molecule has 0 aliphatic carbocycles. The summed E-state index contributed by atoms with van der Waals surface area (Å²) in [5, 5.41) is 6.82. The zero-order valence-corrected chi connectivity index (χ0v) is 18.2. The maximum absolute atomic E-state index is 5.66. The third-order valence-electron chi connectivity index (χ3n) is 4.71. The maximum Gasteiger partial charge on any atom is 0.191 e. The summed E-state index contributed by atoms with van der Waals surface area (Å²) in [7, 11) is 1.80. The van der Waals surface area contributed by atoms with Crippen LogP contribution in [0.25, 0.3) is 0 Å². The molecule has 2 rings (SSSR count). The van der Waals surface area contributed by atoms with Crippen LogP contribution in [-0.4, -0.2) is 39.4 Å². The lowest BCUT2D eigenvalue weighted by Gasteiger charge is -2.17. The molecule has 0 aliphatic rings. The fourth-order valence-electron chi connectivity index (χ4n) is 3.03. The Morgan fingerprint density at radius 1 is 1.00 bits per heavy atom. The van der Waals surface area contributed by atoms with E-state index < -0.39 is 0 Å². The molecule has 5 heteroatoms. The van der Waals surface area contributed by atoms with Crippen LogP contribution >= 0.6 is 0 Å². The van der Waals surface area contributed by atoms with Crippen LogP contribution in [0, 0.1) is 6.92 Å². The molecule has 29 heavy (non-hydrogen) atoms. The van der Waals surface area contributed by atoms with E-state index in [0.29, 0.717) is 32.3 Å². The summed E-state index contributed by atoms with van der Waals surface area (Å²) >= 11 is 0. The standard InChI is InChI=1S/C24H35N3O2/c1-5-28-12-13-29-18-22-10-7-9-21(15-22)17-27-24(25-4)26-16-20(3)23-11-6-8-19(2)14-23/h6-11,14-15,20H,5,12-13,16-18H2,1-4H3,(H2,25,26,27). The lowest BCUT2D eigenvalue weighted by Crippen LogP contribution is -2.38. The Labute approximate surface area is 175 Å². The Bertz CT molecular complexity index is 761. The molecule has 0 bridgehead atoms. The molecule has 158 valence electrons. The van der Waals surface area contributed by atoms with Crippen molar-refractivity contribution in [2.75, 3.05) is 33.4 Å². The van der Waals surface area contributed by atoms with Gasteiger partial charge in [-0.2, -0.15) is 0 Å². The first-order valence-corrected chi connectivity index (χ1v) is 10.4. The molecule has 2 N–H and O–H groups in total. The number of hydrogen-bond donors (Lipinski definition) is 2. The van der Waals surface area contributed by atoms with Gasteiger partial charge in [-0.25, -0.2) is 0 Å². The highest BCUT2D eigenvalue weighted by atomic mass is 16.5. The Kier molecular flexibility index (Phi) is 10.2. The zero-order valence-electron chi connectivity index (χ0n) is 18.2. The monoisotopic (exact) mass is 397 g/mol.